The quantitative estimate of drug-likeness (QED) is 0.767. The summed E-state index contributed by atoms with van der Waals surface area (Å²) < 4.78 is 6.90. The fourth-order valence-electron chi connectivity index (χ4n) is 2.28. The Labute approximate surface area is 144 Å². The number of anilines is 1. The number of nitrogens with one attached hydrogen (secondary N) is 1. The maximum absolute atomic E-state index is 12.2. The fourth-order valence-corrected chi connectivity index (χ4v) is 2.28. The molecule has 8 heteroatoms. The summed E-state index contributed by atoms with van der Waals surface area (Å²) in [5, 5.41) is 7.06. The minimum atomic E-state index is -0.294. The molecule has 128 valence electrons. The van der Waals surface area contributed by atoms with E-state index in [4.69, 9.17) is 4.74 Å². The Morgan fingerprint density at radius 2 is 1.92 bits per heavy atom. The Bertz CT molecular complexity index is 871. The van der Waals surface area contributed by atoms with E-state index >= 15 is 0 Å². The summed E-state index contributed by atoms with van der Waals surface area (Å²) in [6.07, 6.45) is 4.54. The summed E-state index contributed by atoms with van der Waals surface area (Å²) in [5.41, 5.74) is 2.74. The van der Waals surface area contributed by atoms with Gasteiger partial charge < -0.3 is 10.1 Å². The second-order valence-electron chi connectivity index (χ2n) is 5.38. The number of pyridine rings is 1. The molecule has 0 spiro atoms. The van der Waals surface area contributed by atoms with E-state index in [1.807, 2.05) is 26.8 Å². The van der Waals surface area contributed by atoms with Crippen LogP contribution in [0.15, 0.2) is 36.8 Å². The van der Waals surface area contributed by atoms with Crippen molar-refractivity contribution in [1.82, 2.24) is 24.7 Å². The van der Waals surface area contributed by atoms with Gasteiger partial charge in [-0.15, -0.1) is 0 Å². The van der Waals surface area contributed by atoms with E-state index in [1.165, 1.54) is 6.20 Å². The van der Waals surface area contributed by atoms with Gasteiger partial charge in [0.15, 0.2) is 0 Å². The number of carbonyl (C=O) groups is 1. The van der Waals surface area contributed by atoms with Gasteiger partial charge in [0, 0.05) is 18.0 Å². The van der Waals surface area contributed by atoms with Gasteiger partial charge in [0.05, 0.1) is 35.9 Å². The Hall–Kier alpha value is -3.29. The zero-order chi connectivity index (χ0) is 17.8. The highest BCUT2D eigenvalue weighted by atomic mass is 16.5. The number of hydrogen-bond donors (Lipinski definition) is 1. The monoisotopic (exact) mass is 338 g/mol. The first kappa shape index (κ1) is 16.6. The molecule has 0 atom stereocenters. The van der Waals surface area contributed by atoms with Crippen LogP contribution in [0.25, 0.3) is 5.95 Å². The van der Waals surface area contributed by atoms with Gasteiger partial charge in [-0.2, -0.15) is 5.10 Å². The number of carbonyl (C=O) groups excluding carboxylic acids is 1. The third kappa shape index (κ3) is 3.79. The first-order valence-electron chi connectivity index (χ1n) is 7.82. The van der Waals surface area contributed by atoms with E-state index in [1.54, 1.807) is 29.2 Å². The highest BCUT2D eigenvalue weighted by molar-refractivity contribution is 6.03. The van der Waals surface area contributed by atoms with E-state index in [9.17, 15) is 4.79 Å². The molecule has 1 N–H and O–H groups in total. The standard InChI is InChI=1S/C17H18N6O2/c1-4-25-15-6-5-13(8-18-15)16(24)21-14-9-19-17(20-10-14)23-12(3)7-11(2)22-23/h5-10H,4H2,1-3H3,(H,21,24). The van der Waals surface area contributed by atoms with Crippen LogP contribution in [0.4, 0.5) is 5.69 Å². The lowest BCUT2D eigenvalue weighted by molar-refractivity contribution is 0.102. The van der Waals surface area contributed by atoms with Crippen LogP contribution in [0.1, 0.15) is 28.7 Å². The average Bonchev–Trinajstić information content (AvgIpc) is 2.95. The van der Waals surface area contributed by atoms with Crippen molar-refractivity contribution in [2.24, 2.45) is 0 Å². The van der Waals surface area contributed by atoms with Crippen molar-refractivity contribution in [2.75, 3.05) is 11.9 Å². The summed E-state index contributed by atoms with van der Waals surface area (Å²) >= 11 is 0. The molecule has 25 heavy (non-hydrogen) atoms. The maximum Gasteiger partial charge on any atom is 0.257 e. The molecule has 3 aromatic rings. The van der Waals surface area contributed by atoms with Crippen LogP contribution >= 0.6 is 0 Å². The Kier molecular flexibility index (Phi) is 4.69. The van der Waals surface area contributed by atoms with E-state index in [0.29, 0.717) is 29.7 Å². The van der Waals surface area contributed by atoms with E-state index < -0.39 is 0 Å². The Morgan fingerprint density at radius 1 is 1.16 bits per heavy atom. The molecule has 0 fully saturated rings. The Balaban J connectivity index is 1.70. The second kappa shape index (κ2) is 7.08. The molecule has 0 aromatic carbocycles. The minimum Gasteiger partial charge on any atom is -0.478 e. The molecule has 0 bridgehead atoms. The lowest BCUT2D eigenvalue weighted by Gasteiger charge is -2.07. The van der Waals surface area contributed by atoms with E-state index in [2.05, 4.69) is 25.4 Å². The zero-order valence-corrected chi connectivity index (χ0v) is 14.2. The van der Waals surface area contributed by atoms with Crippen molar-refractivity contribution in [3.05, 3.63) is 53.7 Å². The second-order valence-corrected chi connectivity index (χ2v) is 5.38. The molecule has 0 radical (unpaired) electrons. The molecule has 3 rings (SSSR count). The molecular weight excluding hydrogens is 320 g/mol. The number of amides is 1. The van der Waals surface area contributed by atoms with Gasteiger partial charge in [0.2, 0.25) is 5.88 Å². The molecule has 0 aliphatic carbocycles. The number of hydrogen-bond acceptors (Lipinski definition) is 6. The van der Waals surface area contributed by atoms with Crippen molar-refractivity contribution < 1.29 is 9.53 Å². The number of nitrogens with zero attached hydrogens (tertiary/aromatic N) is 5. The van der Waals surface area contributed by atoms with Crippen molar-refractivity contribution in [3.8, 4) is 11.8 Å². The summed E-state index contributed by atoms with van der Waals surface area (Å²) in [6, 6.07) is 5.25. The minimum absolute atomic E-state index is 0.294. The predicted octanol–water partition coefficient (Wildman–Crippen LogP) is 2.33. The van der Waals surface area contributed by atoms with Crippen LogP contribution in [0.3, 0.4) is 0 Å². The van der Waals surface area contributed by atoms with Crippen molar-refractivity contribution in [2.45, 2.75) is 20.8 Å². The molecule has 3 heterocycles. The fraction of sp³-hybridized carbons (Fsp3) is 0.235. The van der Waals surface area contributed by atoms with Gasteiger partial charge in [-0.3, -0.25) is 4.79 Å². The van der Waals surface area contributed by atoms with Gasteiger partial charge in [-0.05, 0) is 32.9 Å². The normalized spacial score (nSPS) is 10.5. The van der Waals surface area contributed by atoms with Gasteiger partial charge in [-0.1, -0.05) is 0 Å². The first-order chi connectivity index (χ1) is 12.1. The molecule has 0 saturated carbocycles. The maximum atomic E-state index is 12.2. The number of aromatic nitrogens is 5. The third-order valence-electron chi connectivity index (χ3n) is 3.39. The SMILES string of the molecule is CCOc1ccc(C(=O)Nc2cnc(-n3nc(C)cc3C)nc2)cn1. The lowest BCUT2D eigenvalue weighted by atomic mass is 10.2. The highest BCUT2D eigenvalue weighted by Crippen LogP contribution is 2.12. The summed E-state index contributed by atoms with van der Waals surface area (Å²) in [5.74, 6) is 0.640. The topological polar surface area (TPSA) is 94.8 Å². The van der Waals surface area contributed by atoms with Gasteiger partial charge in [0.25, 0.3) is 11.9 Å². The van der Waals surface area contributed by atoms with Crippen LogP contribution in [-0.4, -0.2) is 37.2 Å². The first-order valence-corrected chi connectivity index (χ1v) is 7.82. The molecule has 0 aliphatic heterocycles. The smallest absolute Gasteiger partial charge is 0.257 e. The average molecular weight is 338 g/mol. The summed E-state index contributed by atoms with van der Waals surface area (Å²) in [6.45, 7) is 6.23. The van der Waals surface area contributed by atoms with Crippen molar-refractivity contribution in [1.29, 1.82) is 0 Å². The zero-order valence-electron chi connectivity index (χ0n) is 14.2. The molecule has 1 amide bonds. The van der Waals surface area contributed by atoms with Crippen molar-refractivity contribution in [3.63, 3.8) is 0 Å². The molecule has 8 nitrogen and oxygen atoms in total. The van der Waals surface area contributed by atoms with Crippen molar-refractivity contribution >= 4 is 11.6 Å². The summed E-state index contributed by atoms with van der Waals surface area (Å²) in [7, 11) is 0. The number of rotatable bonds is 5. The largest absolute Gasteiger partial charge is 0.478 e. The van der Waals surface area contributed by atoms with Crippen LogP contribution < -0.4 is 10.1 Å². The molecule has 0 saturated heterocycles. The summed E-state index contributed by atoms with van der Waals surface area (Å²) in [4.78, 5) is 24.8. The molecule has 0 aliphatic rings. The lowest BCUT2D eigenvalue weighted by Crippen LogP contribution is -2.13. The van der Waals surface area contributed by atoms with Gasteiger partial charge in [-0.25, -0.2) is 19.6 Å². The molecule has 0 unspecified atom stereocenters. The molecular formula is C17H18N6O2. The van der Waals surface area contributed by atoms with Crippen LogP contribution in [-0.2, 0) is 0 Å². The van der Waals surface area contributed by atoms with Crippen LogP contribution in [0.5, 0.6) is 5.88 Å². The predicted molar refractivity (Wildman–Crippen MR) is 92.0 cm³/mol. The van der Waals surface area contributed by atoms with Crippen LogP contribution in [0, 0.1) is 13.8 Å². The molecule has 3 aromatic heterocycles. The Morgan fingerprint density at radius 3 is 2.48 bits per heavy atom. The van der Waals surface area contributed by atoms with Crippen LogP contribution in [0.2, 0.25) is 0 Å². The number of aryl methyl sites for hydroxylation is 2. The van der Waals surface area contributed by atoms with Gasteiger partial charge >= 0.3 is 0 Å². The number of ether oxygens (including phenoxy) is 1. The van der Waals surface area contributed by atoms with E-state index in [-0.39, 0.29) is 5.91 Å². The van der Waals surface area contributed by atoms with Gasteiger partial charge in [0.1, 0.15) is 0 Å². The third-order valence-corrected chi connectivity index (χ3v) is 3.39. The van der Waals surface area contributed by atoms with E-state index in [0.717, 1.165) is 11.4 Å². The highest BCUT2D eigenvalue weighted by Gasteiger charge is 2.10.